The predicted octanol–water partition coefficient (Wildman–Crippen LogP) is 4.03. The van der Waals surface area contributed by atoms with Gasteiger partial charge in [-0.15, -0.1) is 11.3 Å². The molecule has 1 heterocycles. The fourth-order valence-corrected chi connectivity index (χ4v) is 2.95. The Morgan fingerprint density at radius 3 is 2.57 bits per heavy atom. The summed E-state index contributed by atoms with van der Waals surface area (Å²) in [6.07, 6.45) is 1.24. The summed E-state index contributed by atoms with van der Waals surface area (Å²) in [5, 5.41) is 3.53. The second-order valence-electron chi connectivity index (χ2n) is 4.12. The molecule has 3 heteroatoms. The Morgan fingerprint density at radius 1 is 1.36 bits per heavy atom. The maximum absolute atomic E-state index is 3.53. The summed E-state index contributed by atoms with van der Waals surface area (Å²) in [7, 11) is 0. The molecule has 1 unspecified atom stereocenters. The van der Waals surface area contributed by atoms with E-state index in [2.05, 4.69) is 54.2 Å². The minimum absolute atomic E-state index is 0.607. The van der Waals surface area contributed by atoms with Gasteiger partial charge in [-0.1, -0.05) is 13.8 Å². The van der Waals surface area contributed by atoms with E-state index in [0.29, 0.717) is 6.04 Å². The molecular weight excluding hydrogens is 258 g/mol. The van der Waals surface area contributed by atoms with Gasteiger partial charge in [0.2, 0.25) is 0 Å². The summed E-state index contributed by atoms with van der Waals surface area (Å²) < 4.78 is 1.21. The molecule has 0 aliphatic carbocycles. The van der Waals surface area contributed by atoms with Crippen molar-refractivity contribution in [2.24, 2.45) is 5.92 Å². The first kappa shape index (κ1) is 12.2. The van der Waals surface area contributed by atoms with E-state index in [9.17, 15) is 0 Å². The molecule has 1 aromatic rings. The van der Waals surface area contributed by atoms with Crippen LogP contribution in [0.25, 0.3) is 0 Å². The van der Waals surface area contributed by atoms with Crippen LogP contribution in [0.15, 0.2) is 15.9 Å². The van der Waals surface area contributed by atoms with Crippen molar-refractivity contribution in [2.45, 2.75) is 39.8 Å². The Hall–Kier alpha value is 0.140. The van der Waals surface area contributed by atoms with Crippen molar-refractivity contribution in [3.8, 4) is 0 Å². The first-order chi connectivity index (χ1) is 6.58. The minimum Gasteiger partial charge on any atom is -0.309 e. The maximum atomic E-state index is 3.53. The highest BCUT2D eigenvalue weighted by atomic mass is 79.9. The van der Waals surface area contributed by atoms with Crippen LogP contribution in [0.1, 0.15) is 32.1 Å². The Labute approximate surface area is 99.0 Å². The van der Waals surface area contributed by atoms with Gasteiger partial charge < -0.3 is 5.32 Å². The van der Waals surface area contributed by atoms with Crippen LogP contribution in [0, 0.1) is 5.92 Å². The molecule has 0 aliphatic heterocycles. The van der Waals surface area contributed by atoms with E-state index >= 15 is 0 Å². The number of thiophene rings is 1. The molecular formula is C11H18BrNS. The first-order valence-electron chi connectivity index (χ1n) is 5.05. The van der Waals surface area contributed by atoms with Gasteiger partial charge in [0.05, 0.1) is 3.79 Å². The molecule has 0 aliphatic rings. The largest absolute Gasteiger partial charge is 0.309 e. The highest BCUT2D eigenvalue weighted by Gasteiger charge is 2.04. The summed E-state index contributed by atoms with van der Waals surface area (Å²) in [6.45, 7) is 7.77. The van der Waals surface area contributed by atoms with Gasteiger partial charge in [-0.05, 0) is 47.3 Å². The molecule has 1 rings (SSSR count). The quantitative estimate of drug-likeness (QED) is 0.856. The molecule has 14 heavy (non-hydrogen) atoms. The van der Waals surface area contributed by atoms with Crippen LogP contribution in [0.4, 0.5) is 0 Å². The third-order valence-corrected chi connectivity index (χ3v) is 3.70. The van der Waals surface area contributed by atoms with Gasteiger partial charge >= 0.3 is 0 Å². The Kier molecular flexibility index (Phi) is 5.13. The minimum atomic E-state index is 0.607. The van der Waals surface area contributed by atoms with Crippen molar-refractivity contribution in [1.82, 2.24) is 5.32 Å². The summed E-state index contributed by atoms with van der Waals surface area (Å²) in [5.74, 6) is 0.771. The fraction of sp³-hybridized carbons (Fsp3) is 0.636. The van der Waals surface area contributed by atoms with Gasteiger partial charge in [0, 0.05) is 17.5 Å². The Balaban J connectivity index is 2.26. The van der Waals surface area contributed by atoms with Crippen LogP contribution in [0.3, 0.4) is 0 Å². The summed E-state index contributed by atoms with van der Waals surface area (Å²) in [6, 6.07) is 4.88. The maximum Gasteiger partial charge on any atom is 0.0701 e. The lowest BCUT2D eigenvalue weighted by Crippen LogP contribution is -2.26. The van der Waals surface area contributed by atoms with Crippen molar-refractivity contribution in [1.29, 1.82) is 0 Å². The van der Waals surface area contributed by atoms with Crippen molar-refractivity contribution in [3.63, 3.8) is 0 Å². The van der Waals surface area contributed by atoms with Gasteiger partial charge in [0.1, 0.15) is 0 Å². The number of hydrogen-bond acceptors (Lipinski definition) is 2. The van der Waals surface area contributed by atoms with Crippen LogP contribution in [-0.2, 0) is 6.54 Å². The number of rotatable bonds is 5. The topological polar surface area (TPSA) is 12.0 Å². The smallest absolute Gasteiger partial charge is 0.0701 e. The number of halogens is 1. The molecule has 1 nitrogen and oxygen atoms in total. The van der Waals surface area contributed by atoms with E-state index in [1.165, 1.54) is 15.1 Å². The molecule has 0 saturated carbocycles. The number of hydrogen-bond donors (Lipinski definition) is 1. The average molecular weight is 276 g/mol. The molecule has 1 N–H and O–H groups in total. The van der Waals surface area contributed by atoms with Crippen LogP contribution >= 0.6 is 27.3 Å². The van der Waals surface area contributed by atoms with E-state index < -0.39 is 0 Å². The fourth-order valence-electron chi connectivity index (χ4n) is 1.51. The molecule has 0 fully saturated rings. The van der Waals surface area contributed by atoms with E-state index in [1.54, 1.807) is 11.3 Å². The van der Waals surface area contributed by atoms with E-state index in [1.807, 2.05) is 0 Å². The van der Waals surface area contributed by atoms with Crippen LogP contribution in [-0.4, -0.2) is 6.04 Å². The SMILES string of the molecule is CC(C)CC(C)NCc1ccc(Br)s1. The number of nitrogens with one attached hydrogen (secondary N) is 1. The van der Waals surface area contributed by atoms with E-state index in [4.69, 9.17) is 0 Å². The Morgan fingerprint density at radius 2 is 2.07 bits per heavy atom. The zero-order valence-electron chi connectivity index (χ0n) is 9.01. The molecule has 0 amide bonds. The van der Waals surface area contributed by atoms with Gasteiger partial charge in [-0.25, -0.2) is 0 Å². The predicted molar refractivity (Wildman–Crippen MR) is 67.8 cm³/mol. The van der Waals surface area contributed by atoms with Crippen molar-refractivity contribution >= 4 is 27.3 Å². The van der Waals surface area contributed by atoms with Crippen LogP contribution in [0.5, 0.6) is 0 Å². The monoisotopic (exact) mass is 275 g/mol. The molecule has 0 spiro atoms. The molecule has 80 valence electrons. The highest BCUT2D eigenvalue weighted by Crippen LogP contribution is 2.21. The molecule has 0 bridgehead atoms. The van der Waals surface area contributed by atoms with E-state index in [-0.39, 0.29) is 0 Å². The van der Waals surface area contributed by atoms with Crippen molar-refractivity contribution in [2.75, 3.05) is 0 Å². The molecule has 1 aromatic heterocycles. The highest BCUT2D eigenvalue weighted by molar-refractivity contribution is 9.11. The zero-order valence-corrected chi connectivity index (χ0v) is 11.4. The molecule has 0 saturated heterocycles. The summed E-state index contributed by atoms with van der Waals surface area (Å²) in [4.78, 5) is 1.40. The molecule has 0 radical (unpaired) electrons. The van der Waals surface area contributed by atoms with Crippen molar-refractivity contribution in [3.05, 3.63) is 20.8 Å². The molecule has 1 atom stereocenters. The average Bonchev–Trinajstić information content (AvgIpc) is 2.47. The standard InChI is InChI=1S/C11H18BrNS/c1-8(2)6-9(3)13-7-10-4-5-11(12)14-10/h4-5,8-9,13H,6-7H2,1-3H3. The van der Waals surface area contributed by atoms with Gasteiger partial charge in [-0.3, -0.25) is 0 Å². The van der Waals surface area contributed by atoms with Crippen molar-refractivity contribution < 1.29 is 0 Å². The molecule has 0 aromatic carbocycles. The van der Waals surface area contributed by atoms with Crippen LogP contribution in [0.2, 0.25) is 0 Å². The van der Waals surface area contributed by atoms with Gasteiger partial charge in [-0.2, -0.15) is 0 Å². The van der Waals surface area contributed by atoms with Crippen LogP contribution < -0.4 is 5.32 Å². The summed E-state index contributed by atoms with van der Waals surface area (Å²) >= 11 is 5.27. The lowest BCUT2D eigenvalue weighted by Gasteiger charge is -2.14. The lowest BCUT2D eigenvalue weighted by molar-refractivity contribution is 0.443. The third kappa shape index (κ3) is 4.58. The van der Waals surface area contributed by atoms with Gasteiger partial charge in [0.15, 0.2) is 0 Å². The lowest BCUT2D eigenvalue weighted by atomic mass is 10.1. The Bertz CT molecular complexity index is 270. The van der Waals surface area contributed by atoms with E-state index in [0.717, 1.165) is 12.5 Å². The second-order valence-corrected chi connectivity index (χ2v) is 6.66. The second kappa shape index (κ2) is 5.89. The third-order valence-electron chi connectivity index (χ3n) is 2.08. The normalized spacial score (nSPS) is 13.5. The summed E-state index contributed by atoms with van der Waals surface area (Å²) in [5.41, 5.74) is 0. The first-order valence-corrected chi connectivity index (χ1v) is 6.66. The zero-order chi connectivity index (χ0) is 10.6. The van der Waals surface area contributed by atoms with Gasteiger partial charge in [0.25, 0.3) is 0 Å².